The summed E-state index contributed by atoms with van der Waals surface area (Å²) in [7, 11) is 3.19. The lowest BCUT2D eigenvalue weighted by Crippen LogP contribution is -1.99. The lowest BCUT2D eigenvalue weighted by atomic mass is 10.0. The van der Waals surface area contributed by atoms with Crippen LogP contribution in [0.25, 0.3) is 0 Å². The summed E-state index contributed by atoms with van der Waals surface area (Å²) in [6.45, 7) is 0. The minimum absolute atomic E-state index is 0.171. The van der Waals surface area contributed by atoms with Crippen molar-refractivity contribution in [1.29, 1.82) is 0 Å². The Morgan fingerprint density at radius 2 is 1.85 bits per heavy atom. The smallest absolute Gasteiger partial charge is 0.141 e. The topological polar surface area (TPSA) is 18.5 Å². The number of benzene rings is 2. The Morgan fingerprint density at radius 3 is 2.45 bits per heavy atom. The van der Waals surface area contributed by atoms with Crippen LogP contribution in [0.4, 0.5) is 4.39 Å². The van der Waals surface area contributed by atoms with Gasteiger partial charge in [0.2, 0.25) is 0 Å². The molecule has 0 fully saturated rings. The maximum atomic E-state index is 13.3. The molecular formula is C15H13Br2FO2. The van der Waals surface area contributed by atoms with Crippen LogP contribution in [0, 0.1) is 5.82 Å². The van der Waals surface area contributed by atoms with E-state index in [0.29, 0.717) is 11.5 Å². The van der Waals surface area contributed by atoms with Crippen LogP contribution in [0.2, 0.25) is 0 Å². The van der Waals surface area contributed by atoms with Crippen LogP contribution >= 0.6 is 31.9 Å². The van der Waals surface area contributed by atoms with Gasteiger partial charge in [-0.05, 0) is 39.7 Å². The quantitative estimate of drug-likeness (QED) is 0.662. The average molecular weight is 404 g/mol. The van der Waals surface area contributed by atoms with E-state index in [1.54, 1.807) is 20.3 Å². The normalized spacial score (nSPS) is 12.1. The van der Waals surface area contributed by atoms with E-state index in [9.17, 15) is 4.39 Å². The van der Waals surface area contributed by atoms with Crippen molar-refractivity contribution >= 4 is 31.9 Å². The van der Waals surface area contributed by atoms with Crippen LogP contribution in [0.15, 0.2) is 40.9 Å². The van der Waals surface area contributed by atoms with Crippen LogP contribution in [-0.4, -0.2) is 14.2 Å². The van der Waals surface area contributed by atoms with Gasteiger partial charge in [-0.25, -0.2) is 4.39 Å². The van der Waals surface area contributed by atoms with E-state index in [-0.39, 0.29) is 10.6 Å². The summed E-state index contributed by atoms with van der Waals surface area (Å²) in [5.74, 6) is 1.08. The van der Waals surface area contributed by atoms with E-state index in [0.717, 1.165) is 15.6 Å². The number of hydrogen-bond donors (Lipinski definition) is 0. The van der Waals surface area contributed by atoms with Crippen molar-refractivity contribution in [3.8, 4) is 11.5 Å². The third-order valence-electron chi connectivity index (χ3n) is 2.93. The summed E-state index contributed by atoms with van der Waals surface area (Å²) >= 11 is 7.06. The van der Waals surface area contributed by atoms with Gasteiger partial charge in [0, 0.05) is 5.56 Å². The molecule has 0 saturated heterocycles. The molecule has 2 nitrogen and oxygen atoms in total. The van der Waals surface area contributed by atoms with E-state index >= 15 is 0 Å². The first-order valence-electron chi connectivity index (χ1n) is 5.88. The van der Waals surface area contributed by atoms with Crippen molar-refractivity contribution in [3.05, 3.63) is 57.8 Å². The molecule has 0 bridgehead atoms. The third-order valence-corrected chi connectivity index (χ3v) is 4.70. The third kappa shape index (κ3) is 2.99. The molecule has 5 heteroatoms. The van der Waals surface area contributed by atoms with Crippen molar-refractivity contribution in [2.24, 2.45) is 0 Å². The highest BCUT2D eigenvalue weighted by molar-refractivity contribution is 9.10. The molecule has 1 unspecified atom stereocenters. The molecule has 0 aliphatic heterocycles. The van der Waals surface area contributed by atoms with Gasteiger partial charge in [-0.15, -0.1) is 0 Å². The fourth-order valence-corrected chi connectivity index (χ4v) is 3.29. The molecule has 0 aliphatic rings. The standard InChI is InChI=1S/C15H13Br2FO2/c1-19-12-7-6-11(15(20-2)14(12)17)13(16)9-4-3-5-10(18)8-9/h3-8,13H,1-2H3. The first kappa shape index (κ1) is 15.3. The fraction of sp³-hybridized carbons (Fsp3) is 0.200. The van der Waals surface area contributed by atoms with Gasteiger partial charge >= 0.3 is 0 Å². The Hall–Kier alpha value is -1.07. The second-order valence-corrected chi connectivity index (χ2v) is 5.83. The Morgan fingerprint density at radius 1 is 1.10 bits per heavy atom. The highest BCUT2D eigenvalue weighted by atomic mass is 79.9. The molecule has 0 amide bonds. The molecule has 2 aromatic rings. The lowest BCUT2D eigenvalue weighted by molar-refractivity contribution is 0.386. The number of ether oxygens (including phenoxy) is 2. The zero-order chi connectivity index (χ0) is 14.7. The average Bonchev–Trinajstić information content (AvgIpc) is 2.46. The summed E-state index contributed by atoms with van der Waals surface area (Å²) in [5, 5.41) is 0. The van der Waals surface area contributed by atoms with Gasteiger partial charge in [-0.3, -0.25) is 0 Å². The second-order valence-electron chi connectivity index (χ2n) is 4.12. The molecule has 0 N–H and O–H groups in total. The SMILES string of the molecule is COc1ccc(C(Br)c2cccc(F)c2)c(OC)c1Br. The van der Waals surface area contributed by atoms with Gasteiger partial charge in [0.05, 0.1) is 19.0 Å². The molecule has 2 aromatic carbocycles. The Bertz CT molecular complexity index is 617. The van der Waals surface area contributed by atoms with E-state index < -0.39 is 0 Å². The fourth-order valence-electron chi connectivity index (χ4n) is 1.96. The van der Waals surface area contributed by atoms with Crippen molar-refractivity contribution in [2.45, 2.75) is 4.83 Å². The second kappa shape index (κ2) is 6.59. The first-order valence-corrected chi connectivity index (χ1v) is 7.59. The molecule has 106 valence electrons. The maximum absolute atomic E-state index is 13.3. The Labute approximate surface area is 134 Å². The summed E-state index contributed by atoms with van der Waals surface area (Å²) in [6, 6.07) is 10.2. The van der Waals surface area contributed by atoms with Crippen molar-refractivity contribution < 1.29 is 13.9 Å². The van der Waals surface area contributed by atoms with Gasteiger partial charge < -0.3 is 9.47 Å². The van der Waals surface area contributed by atoms with Crippen molar-refractivity contribution in [3.63, 3.8) is 0 Å². The zero-order valence-corrected chi connectivity index (χ0v) is 14.2. The minimum Gasteiger partial charge on any atom is -0.495 e. The summed E-state index contributed by atoms with van der Waals surface area (Å²) in [6.07, 6.45) is 0. The van der Waals surface area contributed by atoms with E-state index in [2.05, 4.69) is 31.9 Å². The van der Waals surface area contributed by atoms with Gasteiger partial charge in [0.1, 0.15) is 21.8 Å². The Balaban J connectivity index is 2.49. The van der Waals surface area contributed by atoms with Crippen LogP contribution in [0.5, 0.6) is 11.5 Å². The van der Waals surface area contributed by atoms with Crippen LogP contribution in [-0.2, 0) is 0 Å². The van der Waals surface area contributed by atoms with Crippen LogP contribution < -0.4 is 9.47 Å². The predicted octanol–water partition coefficient (Wildman–Crippen LogP) is 5.09. The molecule has 0 radical (unpaired) electrons. The number of rotatable bonds is 4. The summed E-state index contributed by atoms with van der Waals surface area (Å²) < 4.78 is 24.8. The van der Waals surface area contributed by atoms with Gasteiger partial charge in [0.25, 0.3) is 0 Å². The Kier molecular flexibility index (Phi) is 5.05. The number of halogens is 3. The molecular weight excluding hydrogens is 391 g/mol. The molecule has 0 aliphatic carbocycles. The lowest BCUT2D eigenvalue weighted by Gasteiger charge is -2.17. The highest BCUT2D eigenvalue weighted by Gasteiger charge is 2.20. The van der Waals surface area contributed by atoms with Crippen molar-refractivity contribution in [2.75, 3.05) is 14.2 Å². The van der Waals surface area contributed by atoms with Gasteiger partial charge in [0.15, 0.2) is 0 Å². The maximum Gasteiger partial charge on any atom is 0.141 e. The molecule has 0 spiro atoms. The van der Waals surface area contributed by atoms with E-state index in [4.69, 9.17) is 9.47 Å². The number of alkyl halides is 1. The predicted molar refractivity (Wildman–Crippen MR) is 84.4 cm³/mol. The molecule has 0 saturated carbocycles. The molecule has 0 heterocycles. The van der Waals surface area contributed by atoms with Crippen molar-refractivity contribution in [1.82, 2.24) is 0 Å². The van der Waals surface area contributed by atoms with Gasteiger partial charge in [-0.1, -0.05) is 34.1 Å². The molecule has 20 heavy (non-hydrogen) atoms. The minimum atomic E-state index is -0.265. The summed E-state index contributed by atoms with van der Waals surface area (Å²) in [4.78, 5) is -0.171. The van der Waals surface area contributed by atoms with Crippen LogP contribution in [0.1, 0.15) is 16.0 Å². The molecule has 0 aromatic heterocycles. The highest BCUT2D eigenvalue weighted by Crippen LogP contribution is 2.44. The monoisotopic (exact) mass is 402 g/mol. The summed E-state index contributed by atoms with van der Waals surface area (Å²) in [5.41, 5.74) is 1.71. The zero-order valence-electron chi connectivity index (χ0n) is 11.0. The number of methoxy groups -OCH3 is 2. The molecule has 2 rings (SSSR count). The van der Waals surface area contributed by atoms with E-state index in [1.165, 1.54) is 12.1 Å². The molecule has 1 atom stereocenters. The van der Waals surface area contributed by atoms with Crippen LogP contribution in [0.3, 0.4) is 0 Å². The van der Waals surface area contributed by atoms with Gasteiger partial charge in [-0.2, -0.15) is 0 Å². The van der Waals surface area contributed by atoms with E-state index in [1.807, 2.05) is 18.2 Å². The number of hydrogen-bond acceptors (Lipinski definition) is 2. The first-order chi connectivity index (χ1) is 9.58. The largest absolute Gasteiger partial charge is 0.495 e.